The lowest BCUT2D eigenvalue weighted by molar-refractivity contribution is -0.118. The van der Waals surface area contributed by atoms with Crippen molar-refractivity contribution in [2.75, 3.05) is 29.9 Å². The van der Waals surface area contributed by atoms with Crippen molar-refractivity contribution in [3.63, 3.8) is 0 Å². The average molecular weight is 273 g/mol. The molecule has 0 saturated carbocycles. The lowest BCUT2D eigenvalue weighted by atomic mass is 10.0. The van der Waals surface area contributed by atoms with Gasteiger partial charge in [-0.15, -0.1) is 0 Å². The average Bonchev–Trinajstić information content (AvgIpc) is 3.03. The van der Waals surface area contributed by atoms with E-state index in [9.17, 15) is 4.79 Å². The van der Waals surface area contributed by atoms with Crippen molar-refractivity contribution in [3.8, 4) is 0 Å². The maximum atomic E-state index is 12.1. The molecule has 0 aliphatic carbocycles. The molecule has 1 aromatic carbocycles. The van der Waals surface area contributed by atoms with Crippen LogP contribution in [0.5, 0.6) is 0 Å². The minimum Gasteiger partial charge on any atom is -0.372 e. The summed E-state index contributed by atoms with van der Waals surface area (Å²) in [6.45, 7) is 3.25. The first-order valence-corrected chi connectivity index (χ1v) is 7.72. The Morgan fingerprint density at radius 2 is 1.85 bits per heavy atom. The summed E-state index contributed by atoms with van der Waals surface area (Å²) in [7, 11) is 0. The van der Waals surface area contributed by atoms with Crippen molar-refractivity contribution in [3.05, 3.63) is 24.3 Å². The van der Waals surface area contributed by atoms with E-state index in [0.29, 0.717) is 0 Å². The monoisotopic (exact) mass is 273 g/mol. The molecule has 108 valence electrons. The molecule has 0 spiro atoms. The van der Waals surface area contributed by atoms with Gasteiger partial charge in [0.1, 0.15) is 0 Å². The maximum Gasteiger partial charge on any atom is 0.241 e. The normalized spacial score (nSPS) is 22.8. The van der Waals surface area contributed by atoms with Crippen LogP contribution in [-0.4, -0.2) is 31.6 Å². The minimum atomic E-state index is -0.0259. The van der Waals surface area contributed by atoms with Gasteiger partial charge in [-0.2, -0.15) is 0 Å². The number of hydrogen-bond donors (Lipinski definition) is 2. The Hall–Kier alpha value is -1.55. The molecule has 4 nitrogen and oxygen atoms in total. The Morgan fingerprint density at radius 3 is 2.50 bits per heavy atom. The lowest BCUT2D eigenvalue weighted by Crippen LogP contribution is -2.43. The van der Waals surface area contributed by atoms with Crippen LogP contribution in [0.4, 0.5) is 11.4 Å². The van der Waals surface area contributed by atoms with Crippen LogP contribution in [0.15, 0.2) is 24.3 Å². The Kier molecular flexibility index (Phi) is 4.21. The third-order valence-electron chi connectivity index (χ3n) is 4.23. The van der Waals surface area contributed by atoms with E-state index in [4.69, 9.17) is 0 Å². The largest absolute Gasteiger partial charge is 0.372 e. The molecule has 2 fully saturated rings. The summed E-state index contributed by atoms with van der Waals surface area (Å²) in [5.41, 5.74) is 2.15. The first-order valence-electron chi connectivity index (χ1n) is 7.72. The standard InChI is InChI=1S/C16H23N3O/c20-16(15-5-1-2-10-17-15)18-13-6-8-14(9-7-13)19-11-3-4-12-19/h6-9,15,17H,1-5,10-12H2,(H,18,20). The van der Waals surface area contributed by atoms with Gasteiger partial charge in [0.25, 0.3) is 0 Å². The van der Waals surface area contributed by atoms with E-state index in [1.165, 1.54) is 24.9 Å². The van der Waals surface area contributed by atoms with Crippen LogP contribution in [-0.2, 0) is 4.79 Å². The van der Waals surface area contributed by atoms with E-state index < -0.39 is 0 Å². The molecule has 2 saturated heterocycles. The summed E-state index contributed by atoms with van der Waals surface area (Å²) < 4.78 is 0. The Bertz CT molecular complexity index is 445. The molecule has 2 aliphatic heterocycles. The summed E-state index contributed by atoms with van der Waals surface area (Å²) in [4.78, 5) is 14.5. The maximum absolute atomic E-state index is 12.1. The zero-order chi connectivity index (χ0) is 13.8. The van der Waals surface area contributed by atoms with Gasteiger partial charge in [-0.25, -0.2) is 0 Å². The van der Waals surface area contributed by atoms with Crippen LogP contribution in [0.2, 0.25) is 0 Å². The molecule has 1 unspecified atom stereocenters. The minimum absolute atomic E-state index is 0.0259. The fourth-order valence-corrected chi connectivity index (χ4v) is 3.04. The summed E-state index contributed by atoms with van der Waals surface area (Å²) in [5, 5.41) is 6.28. The van der Waals surface area contributed by atoms with Gasteiger partial charge in [0.2, 0.25) is 5.91 Å². The molecular weight excluding hydrogens is 250 g/mol. The highest BCUT2D eigenvalue weighted by Gasteiger charge is 2.20. The van der Waals surface area contributed by atoms with E-state index in [2.05, 4.69) is 27.7 Å². The number of carbonyl (C=O) groups is 1. The topological polar surface area (TPSA) is 44.4 Å². The Balaban J connectivity index is 1.58. The number of amides is 1. The van der Waals surface area contributed by atoms with Crippen molar-refractivity contribution in [1.29, 1.82) is 0 Å². The SMILES string of the molecule is O=C(Nc1ccc(N2CCCC2)cc1)C1CCCCN1. The molecule has 1 atom stereocenters. The van der Waals surface area contributed by atoms with E-state index in [1.807, 2.05) is 12.1 Å². The first kappa shape index (κ1) is 13.4. The predicted molar refractivity (Wildman–Crippen MR) is 82.2 cm³/mol. The number of nitrogens with one attached hydrogen (secondary N) is 2. The third kappa shape index (κ3) is 3.12. The van der Waals surface area contributed by atoms with Gasteiger partial charge in [-0.1, -0.05) is 6.42 Å². The zero-order valence-corrected chi connectivity index (χ0v) is 11.9. The van der Waals surface area contributed by atoms with E-state index in [-0.39, 0.29) is 11.9 Å². The second kappa shape index (κ2) is 6.27. The van der Waals surface area contributed by atoms with Crippen LogP contribution in [0.3, 0.4) is 0 Å². The van der Waals surface area contributed by atoms with Crippen LogP contribution < -0.4 is 15.5 Å². The van der Waals surface area contributed by atoms with Gasteiger partial charge in [0.05, 0.1) is 6.04 Å². The Morgan fingerprint density at radius 1 is 1.10 bits per heavy atom. The Labute approximate surface area is 120 Å². The van der Waals surface area contributed by atoms with Crippen LogP contribution >= 0.6 is 0 Å². The molecule has 4 heteroatoms. The molecule has 20 heavy (non-hydrogen) atoms. The summed E-state index contributed by atoms with van der Waals surface area (Å²) in [6.07, 6.45) is 5.82. The summed E-state index contributed by atoms with van der Waals surface area (Å²) in [5.74, 6) is 0.0959. The van der Waals surface area contributed by atoms with Crippen LogP contribution in [0.1, 0.15) is 32.1 Å². The number of nitrogens with zero attached hydrogens (tertiary/aromatic N) is 1. The molecular formula is C16H23N3O. The number of hydrogen-bond acceptors (Lipinski definition) is 3. The van der Waals surface area contributed by atoms with Crippen LogP contribution in [0, 0.1) is 0 Å². The highest BCUT2D eigenvalue weighted by atomic mass is 16.2. The molecule has 2 N–H and O–H groups in total. The van der Waals surface area contributed by atoms with E-state index >= 15 is 0 Å². The van der Waals surface area contributed by atoms with Crippen LogP contribution in [0.25, 0.3) is 0 Å². The van der Waals surface area contributed by atoms with Gasteiger partial charge in [-0.05, 0) is 56.5 Å². The van der Waals surface area contributed by atoms with Crippen molar-refractivity contribution < 1.29 is 4.79 Å². The fourth-order valence-electron chi connectivity index (χ4n) is 3.04. The predicted octanol–water partition coefficient (Wildman–Crippen LogP) is 2.37. The number of rotatable bonds is 3. The smallest absolute Gasteiger partial charge is 0.241 e. The summed E-state index contributed by atoms with van der Waals surface area (Å²) in [6, 6.07) is 8.20. The van der Waals surface area contributed by atoms with Gasteiger partial charge in [0, 0.05) is 24.5 Å². The van der Waals surface area contributed by atoms with Crippen molar-refractivity contribution >= 4 is 17.3 Å². The number of piperidine rings is 1. The second-order valence-electron chi connectivity index (χ2n) is 5.73. The second-order valence-corrected chi connectivity index (χ2v) is 5.73. The first-order chi connectivity index (χ1) is 9.83. The third-order valence-corrected chi connectivity index (χ3v) is 4.23. The fraction of sp³-hybridized carbons (Fsp3) is 0.562. The lowest BCUT2D eigenvalue weighted by Gasteiger charge is -2.23. The summed E-state index contributed by atoms with van der Waals surface area (Å²) >= 11 is 0. The van der Waals surface area contributed by atoms with Gasteiger partial charge >= 0.3 is 0 Å². The number of anilines is 2. The molecule has 0 bridgehead atoms. The molecule has 0 radical (unpaired) electrons. The van der Waals surface area contributed by atoms with Crippen molar-refractivity contribution in [1.82, 2.24) is 5.32 Å². The number of carbonyl (C=O) groups excluding carboxylic acids is 1. The zero-order valence-electron chi connectivity index (χ0n) is 11.9. The van der Waals surface area contributed by atoms with E-state index in [0.717, 1.165) is 38.2 Å². The van der Waals surface area contributed by atoms with Gasteiger partial charge < -0.3 is 15.5 Å². The quantitative estimate of drug-likeness (QED) is 0.888. The highest BCUT2D eigenvalue weighted by molar-refractivity contribution is 5.95. The van der Waals surface area contributed by atoms with Gasteiger partial charge in [0.15, 0.2) is 0 Å². The van der Waals surface area contributed by atoms with Crippen molar-refractivity contribution in [2.24, 2.45) is 0 Å². The molecule has 1 amide bonds. The molecule has 1 aromatic rings. The van der Waals surface area contributed by atoms with E-state index in [1.54, 1.807) is 0 Å². The van der Waals surface area contributed by atoms with Gasteiger partial charge in [-0.3, -0.25) is 4.79 Å². The molecule has 2 heterocycles. The number of benzene rings is 1. The molecule has 0 aromatic heterocycles. The van der Waals surface area contributed by atoms with Crippen molar-refractivity contribution in [2.45, 2.75) is 38.1 Å². The molecule has 2 aliphatic rings. The molecule has 3 rings (SSSR count). The highest BCUT2D eigenvalue weighted by Crippen LogP contribution is 2.22.